The van der Waals surface area contributed by atoms with E-state index in [1.54, 1.807) is 36.4 Å². The summed E-state index contributed by atoms with van der Waals surface area (Å²) in [5.41, 5.74) is 9.57. The SMILES string of the molecule is O=C1c2ccc3c4c(Oc5c(-c6ccccc6)cccc5-c5ccccc5)cc5c6c(ccc(c7c(Oc8c(-c9ccccc9)cccc8-c8ccccc8)cc(c2c37)C(=O)N1/C=C/c1ccccc1)c64)C(=O)N(/C=C/c1ccccc1)C5=O. The van der Waals surface area contributed by atoms with Crippen LogP contribution in [-0.2, 0) is 0 Å². The largest absolute Gasteiger partial charge is 0.455 e. The number of para-hydroxylation sites is 2. The molecule has 0 N–H and O–H groups in total. The number of carbonyl (C=O) groups is 4. The van der Waals surface area contributed by atoms with Crippen LogP contribution in [-0.4, -0.2) is 33.4 Å². The summed E-state index contributed by atoms with van der Waals surface area (Å²) in [6.45, 7) is 0. The molecular weight excluding hydrogens is 1040 g/mol. The smallest absolute Gasteiger partial charge is 0.265 e. The highest BCUT2D eigenvalue weighted by atomic mass is 16.5. The highest BCUT2D eigenvalue weighted by molar-refractivity contribution is 6.43. The molecule has 396 valence electrons. The molecule has 0 atom stereocenters. The highest BCUT2D eigenvalue weighted by Crippen LogP contribution is 2.55. The van der Waals surface area contributed by atoms with Crippen LogP contribution < -0.4 is 9.47 Å². The third kappa shape index (κ3) is 8.15. The maximum Gasteiger partial charge on any atom is 0.265 e. The van der Waals surface area contributed by atoms with Gasteiger partial charge in [0.2, 0.25) is 0 Å². The van der Waals surface area contributed by atoms with Crippen molar-refractivity contribution in [3.63, 3.8) is 0 Å². The topological polar surface area (TPSA) is 93.2 Å². The fraction of sp³-hybridized carbons (Fsp3) is 0. The molecule has 4 amide bonds. The Bertz CT molecular complexity index is 4460. The second-order valence-electron chi connectivity index (χ2n) is 20.9. The molecule has 15 rings (SSSR count). The van der Waals surface area contributed by atoms with Gasteiger partial charge in [0, 0.05) is 78.1 Å². The number of ether oxygens (including phenoxy) is 2. The van der Waals surface area contributed by atoms with E-state index < -0.39 is 23.6 Å². The van der Waals surface area contributed by atoms with Crippen molar-refractivity contribution in [2.24, 2.45) is 0 Å². The van der Waals surface area contributed by atoms with Crippen molar-refractivity contribution in [2.75, 3.05) is 0 Å². The Balaban J connectivity index is 1.07. The first-order valence-corrected chi connectivity index (χ1v) is 27.7. The van der Waals surface area contributed by atoms with Crippen LogP contribution >= 0.6 is 0 Å². The Hall–Kier alpha value is -11.5. The Labute approximate surface area is 483 Å². The standard InChI is InChI=1S/C76H46N2O6/c79-73-59-39-37-57-68-64(84-72-55(51-29-15-5-16-30-51)35-20-36-56(72)52-31-17-6-18-32-52)46-62-66-60(74(80)78(76(62)82)44-42-48-23-9-2-10-24-48)40-38-58(70(66)68)67-63(45-61(65(59)69(57)67)75(81)77(73)43-41-47-21-7-1-8-22-47)83-71-53(49-25-11-3-12-26-49)33-19-34-54(71)50-27-13-4-14-28-50/h1-46H/b43-41+,44-42+. The van der Waals surface area contributed by atoms with Gasteiger partial charge in [-0.15, -0.1) is 0 Å². The molecule has 0 fully saturated rings. The molecule has 0 spiro atoms. The lowest BCUT2D eigenvalue weighted by atomic mass is 9.81. The van der Waals surface area contributed by atoms with Gasteiger partial charge in [-0.1, -0.05) is 231 Å². The number of fused-ring (bicyclic) bond motifs is 2. The van der Waals surface area contributed by atoms with Crippen molar-refractivity contribution >= 4 is 78.9 Å². The number of rotatable bonds is 12. The molecule has 0 aromatic heterocycles. The average Bonchev–Trinajstić information content (AvgIpc) is 0.760. The fourth-order valence-corrected chi connectivity index (χ4v) is 12.2. The minimum absolute atomic E-state index is 0.250. The van der Waals surface area contributed by atoms with Crippen LogP contribution in [0.5, 0.6) is 23.0 Å². The highest BCUT2D eigenvalue weighted by Gasteiger charge is 2.39. The predicted molar refractivity (Wildman–Crippen MR) is 334 cm³/mol. The molecular formula is C76H46N2O6. The van der Waals surface area contributed by atoms with Gasteiger partial charge in [0.1, 0.15) is 23.0 Å². The van der Waals surface area contributed by atoms with E-state index in [1.807, 2.05) is 231 Å². The van der Waals surface area contributed by atoms with Gasteiger partial charge in [-0.25, -0.2) is 9.80 Å². The lowest BCUT2D eigenvalue weighted by Gasteiger charge is -2.30. The average molecular weight is 1080 g/mol. The summed E-state index contributed by atoms with van der Waals surface area (Å²) in [6.07, 6.45) is 6.57. The monoisotopic (exact) mass is 1080 g/mol. The first-order valence-electron chi connectivity index (χ1n) is 27.7. The maximum absolute atomic E-state index is 15.5. The molecule has 13 aromatic rings. The number of imide groups is 2. The molecule has 0 aliphatic carbocycles. The van der Waals surface area contributed by atoms with E-state index in [2.05, 4.69) is 0 Å². The zero-order valence-corrected chi connectivity index (χ0v) is 44.9. The zero-order valence-electron chi connectivity index (χ0n) is 44.9. The summed E-state index contributed by atoms with van der Waals surface area (Å²) in [5, 5.41) is 4.41. The minimum Gasteiger partial charge on any atom is -0.455 e. The molecule has 84 heavy (non-hydrogen) atoms. The van der Waals surface area contributed by atoms with Crippen LogP contribution in [0.2, 0.25) is 0 Å². The number of amides is 4. The van der Waals surface area contributed by atoms with Crippen LogP contribution in [0.25, 0.3) is 99.7 Å². The Morgan fingerprint density at radius 3 is 0.881 bits per heavy atom. The van der Waals surface area contributed by atoms with Gasteiger partial charge in [0.05, 0.1) is 11.1 Å². The number of benzene rings is 13. The molecule has 13 aromatic carbocycles. The van der Waals surface area contributed by atoms with Crippen molar-refractivity contribution in [1.82, 2.24) is 9.80 Å². The van der Waals surface area contributed by atoms with Gasteiger partial charge in [-0.05, 0) is 80.6 Å². The van der Waals surface area contributed by atoms with Crippen molar-refractivity contribution in [1.29, 1.82) is 0 Å². The van der Waals surface area contributed by atoms with Crippen molar-refractivity contribution in [2.45, 2.75) is 0 Å². The van der Waals surface area contributed by atoms with Crippen LogP contribution in [0, 0.1) is 0 Å². The van der Waals surface area contributed by atoms with Crippen molar-refractivity contribution in [3.05, 3.63) is 301 Å². The molecule has 8 nitrogen and oxygen atoms in total. The summed E-state index contributed by atoms with van der Waals surface area (Å²) in [6, 6.07) is 82.0. The quantitative estimate of drug-likeness (QED) is 0.0687. The zero-order chi connectivity index (χ0) is 56.4. The van der Waals surface area contributed by atoms with Crippen LogP contribution in [0.15, 0.2) is 267 Å². The molecule has 0 bridgehead atoms. The van der Waals surface area contributed by atoms with E-state index in [4.69, 9.17) is 9.47 Å². The molecule has 2 aliphatic rings. The first kappa shape index (κ1) is 49.6. The van der Waals surface area contributed by atoms with Gasteiger partial charge in [-0.2, -0.15) is 0 Å². The normalized spacial score (nSPS) is 13.2. The Morgan fingerprint density at radius 2 is 0.560 bits per heavy atom. The minimum atomic E-state index is -0.537. The van der Waals surface area contributed by atoms with E-state index in [0.717, 1.165) is 55.6 Å². The number of carbonyl (C=O) groups excluding carboxylic acids is 4. The number of hydrogen-bond donors (Lipinski definition) is 0. The van der Waals surface area contributed by atoms with Crippen molar-refractivity contribution < 1.29 is 28.7 Å². The van der Waals surface area contributed by atoms with Gasteiger partial charge >= 0.3 is 0 Å². The lowest BCUT2D eigenvalue weighted by Crippen LogP contribution is -2.36. The van der Waals surface area contributed by atoms with Crippen LogP contribution in [0.3, 0.4) is 0 Å². The molecule has 0 radical (unpaired) electrons. The summed E-state index contributed by atoms with van der Waals surface area (Å²) in [7, 11) is 0. The van der Waals surface area contributed by atoms with Gasteiger partial charge in [0.25, 0.3) is 23.6 Å². The predicted octanol–water partition coefficient (Wildman–Crippen LogP) is 18.5. The van der Waals surface area contributed by atoms with Gasteiger partial charge < -0.3 is 9.47 Å². The summed E-state index contributed by atoms with van der Waals surface area (Å²) < 4.78 is 15.2. The molecule has 8 heteroatoms. The van der Waals surface area contributed by atoms with E-state index in [1.165, 1.54) is 22.2 Å². The summed E-state index contributed by atoms with van der Waals surface area (Å²) in [5.74, 6) is -0.362. The fourth-order valence-electron chi connectivity index (χ4n) is 12.2. The molecule has 0 unspecified atom stereocenters. The van der Waals surface area contributed by atoms with Crippen LogP contribution in [0.1, 0.15) is 52.6 Å². The third-order valence-electron chi connectivity index (χ3n) is 16.1. The molecule has 2 aliphatic heterocycles. The summed E-state index contributed by atoms with van der Waals surface area (Å²) >= 11 is 0. The van der Waals surface area contributed by atoms with E-state index in [9.17, 15) is 0 Å². The lowest BCUT2D eigenvalue weighted by molar-refractivity contribution is 0.0665. The van der Waals surface area contributed by atoms with E-state index in [0.29, 0.717) is 77.2 Å². The number of hydrogen-bond acceptors (Lipinski definition) is 6. The second kappa shape index (κ2) is 20.3. The van der Waals surface area contributed by atoms with Gasteiger partial charge in [0.15, 0.2) is 0 Å². The molecule has 2 heterocycles. The second-order valence-corrected chi connectivity index (χ2v) is 20.9. The third-order valence-corrected chi connectivity index (χ3v) is 16.1. The Morgan fingerprint density at radius 1 is 0.262 bits per heavy atom. The van der Waals surface area contributed by atoms with Gasteiger partial charge in [-0.3, -0.25) is 19.2 Å². The van der Waals surface area contributed by atoms with E-state index in [-0.39, 0.29) is 11.1 Å². The van der Waals surface area contributed by atoms with Crippen molar-refractivity contribution in [3.8, 4) is 67.5 Å². The van der Waals surface area contributed by atoms with E-state index >= 15 is 19.2 Å². The van der Waals surface area contributed by atoms with Crippen LogP contribution in [0.4, 0.5) is 0 Å². The molecule has 0 saturated heterocycles. The molecule has 0 saturated carbocycles. The summed E-state index contributed by atoms with van der Waals surface area (Å²) in [4.78, 5) is 63.6. The maximum atomic E-state index is 15.5. The Kier molecular flexibility index (Phi) is 11.9. The first-order chi connectivity index (χ1) is 41.4. The number of nitrogens with zero attached hydrogens (tertiary/aromatic N) is 2.